The molecule has 1 aliphatic heterocycles. The first-order valence-corrected chi connectivity index (χ1v) is 4.26. The monoisotopic (exact) mass is 159 g/mol. The Morgan fingerprint density at radius 1 is 1.64 bits per heavy atom. The molecular formula is C8H17NO2. The molecule has 0 spiro atoms. The summed E-state index contributed by atoms with van der Waals surface area (Å²) < 4.78 is 5.39. The normalized spacial score (nSPS) is 31.1. The third-order valence-corrected chi connectivity index (χ3v) is 2.00. The molecule has 3 nitrogen and oxygen atoms in total. The standard InChI is InChI=1S/C8H17NO2/c1-7-4-8(6-11-7)5-9-2-3-10/h7-10H,2-6H2,1H3. The second-order valence-corrected chi connectivity index (χ2v) is 3.17. The first kappa shape index (κ1) is 8.97. The van der Waals surface area contributed by atoms with Crippen LogP contribution in [0.15, 0.2) is 0 Å². The van der Waals surface area contributed by atoms with Gasteiger partial charge >= 0.3 is 0 Å². The average molecular weight is 159 g/mol. The van der Waals surface area contributed by atoms with Gasteiger partial charge in [0.1, 0.15) is 0 Å². The van der Waals surface area contributed by atoms with Crippen molar-refractivity contribution < 1.29 is 9.84 Å². The van der Waals surface area contributed by atoms with Gasteiger partial charge in [-0.15, -0.1) is 0 Å². The summed E-state index contributed by atoms with van der Waals surface area (Å²) in [6.45, 7) is 4.88. The van der Waals surface area contributed by atoms with Crippen molar-refractivity contribution in [2.75, 3.05) is 26.3 Å². The number of ether oxygens (including phenoxy) is 1. The van der Waals surface area contributed by atoms with Crippen molar-refractivity contribution >= 4 is 0 Å². The molecule has 2 unspecified atom stereocenters. The predicted molar refractivity (Wildman–Crippen MR) is 43.5 cm³/mol. The highest BCUT2D eigenvalue weighted by atomic mass is 16.5. The van der Waals surface area contributed by atoms with Crippen molar-refractivity contribution in [2.24, 2.45) is 5.92 Å². The summed E-state index contributed by atoms with van der Waals surface area (Å²) in [4.78, 5) is 0. The Morgan fingerprint density at radius 2 is 2.45 bits per heavy atom. The number of aliphatic hydroxyl groups excluding tert-OH is 1. The zero-order valence-electron chi connectivity index (χ0n) is 7.05. The van der Waals surface area contributed by atoms with Gasteiger partial charge in [-0.25, -0.2) is 0 Å². The number of aliphatic hydroxyl groups is 1. The molecule has 0 aromatic heterocycles. The van der Waals surface area contributed by atoms with Gasteiger partial charge in [-0.3, -0.25) is 0 Å². The lowest BCUT2D eigenvalue weighted by atomic mass is 10.1. The van der Waals surface area contributed by atoms with Crippen molar-refractivity contribution in [3.8, 4) is 0 Å². The summed E-state index contributed by atoms with van der Waals surface area (Å²) in [5.74, 6) is 0.650. The van der Waals surface area contributed by atoms with Gasteiger partial charge in [0.2, 0.25) is 0 Å². The Balaban J connectivity index is 1.99. The maximum atomic E-state index is 8.50. The fraction of sp³-hybridized carbons (Fsp3) is 1.00. The van der Waals surface area contributed by atoms with E-state index in [-0.39, 0.29) is 6.61 Å². The van der Waals surface area contributed by atoms with E-state index in [1.165, 1.54) is 0 Å². The summed E-state index contributed by atoms with van der Waals surface area (Å²) in [6, 6.07) is 0. The molecule has 2 N–H and O–H groups in total. The second kappa shape index (κ2) is 4.70. The van der Waals surface area contributed by atoms with E-state index in [4.69, 9.17) is 9.84 Å². The third kappa shape index (κ3) is 3.18. The van der Waals surface area contributed by atoms with Crippen LogP contribution in [-0.2, 0) is 4.74 Å². The van der Waals surface area contributed by atoms with Crippen LogP contribution in [0.5, 0.6) is 0 Å². The summed E-state index contributed by atoms with van der Waals surface area (Å²) in [7, 11) is 0. The number of hydrogen-bond acceptors (Lipinski definition) is 3. The molecule has 3 heteroatoms. The molecule has 0 bridgehead atoms. The lowest BCUT2D eigenvalue weighted by Gasteiger charge is -2.07. The maximum Gasteiger partial charge on any atom is 0.0555 e. The molecular weight excluding hydrogens is 142 g/mol. The Bertz CT molecular complexity index is 108. The smallest absolute Gasteiger partial charge is 0.0555 e. The van der Waals surface area contributed by atoms with Gasteiger partial charge in [-0.05, 0) is 19.3 Å². The predicted octanol–water partition coefficient (Wildman–Crippen LogP) is -0.00670. The molecule has 0 amide bonds. The van der Waals surface area contributed by atoms with E-state index < -0.39 is 0 Å². The molecule has 0 aromatic rings. The van der Waals surface area contributed by atoms with E-state index >= 15 is 0 Å². The zero-order chi connectivity index (χ0) is 8.10. The topological polar surface area (TPSA) is 41.5 Å². The minimum absolute atomic E-state index is 0.225. The Labute approximate surface area is 67.7 Å². The van der Waals surface area contributed by atoms with Gasteiger partial charge in [-0.2, -0.15) is 0 Å². The Morgan fingerprint density at radius 3 is 3.00 bits per heavy atom. The quantitative estimate of drug-likeness (QED) is 0.567. The number of nitrogens with one attached hydrogen (secondary N) is 1. The summed E-state index contributed by atoms with van der Waals surface area (Å²) in [6.07, 6.45) is 1.58. The maximum absolute atomic E-state index is 8.50. The van der Waals surface area contributed by atoms with Crippen molar-refractivity contribution in [3.05, 3.63) is 0 Å². The van der Waals surface area contributed by atoms with Crippen LogP contribution in [-0.4, -0.2) is 37.5 Å². The van der Waals surface area contributed by atoms with Crippen LogP contribution in [0.2, 0.25) is 0 Å². The molecule has 0 saturated carbocycles. The highest BCUT2D eigenvalue weighted by Crippen LogP contribution is 2.17. The van der Waals surface area contributed by atoms with Crippen molar-refractivity contribution in [1.82, 2.24) is 5.32 Å². The van der Waals surface area contributed by atoms with Crippen molar-refractivity contribution in [3.63, 3.8) is 0 Å². The molecule has 1 rings (SSSR count). The molecule has 11 heavy (non-hydrogen) atoms. The molecule has 66 valence electrons. The van der Waals surface area contributed by atoms with Crippen LogP contribution in [0.4, 0.5) is 0 Å². The molecule has 1 aliphatic rings. The van der Waals surface area contributed by atoms with Crippen LogP contribution in [0.25, 0.3) is 0 Å². The molecule has 1 saturated heterocycles. The minimum Gasteiger partial charge on any atom is -0.395 e. The third-order valence-electron chi connectivity index (χ3n) is 2.00. The number of hydrogen-bond donors (Lipinski definition) is 2. The number of rotatable bonds is 4. The molecule has 0 aliphatic carbocycles. The van der Waals surface area contributed by atoms with E-state index in [0.717, 1.165) is 19.6 Å². The molecule has 0 aromatic carbocycles. The fourth-order valence-corrected chi connectivity index (χ4v) is 1.43. The largest absolute Gasteiger partial charge is 0.395 e. The SMILES string of the molecule is CC1CC(CNCCO)CO1. The van der Waals surface area contributed by atoms with Gasteiger partial charge in [-0.1, -0.05) is 0 Å². The van der Waals surface area contributed by atoms with E-state index in [0.29, 0.717) is 18.6 Å². The average Bonchev–Trinajstić information content (AvgIpc) is 2.37. The van der Waals surface area contributed by atoms with Crippen LogP contribution in [0.3, 0.4) is 0 Å². The lowest BCUT2D eigenvalue weighted by molar-refractivity contribution is 0.120. The second-order valence-electron chi connectivity index (χ2n) is 3.17. The van der Waals surface area contributed by atoms with Crippen LogP contribution in [0.1, 0.15) is 13.3 Å². The van der Waals surface area contributed by atoms with Gasteiger partial charge < -0.3 is 15.2 Å². The van der Waals surface area contributed by atoms with E-state index in [1.54, 1.807) is 0 Å². The summed E-state index contributed by atoms with van der Waals surface area (Å²) >= 11 is 0. The molecule has 1 fully saturated rings. The van der Waals surface area contributed by atoms with Gasteiger partial charge in [0.05, 0.1) is 19.3 Å². The van der Waals surface area contributed by atoms with Crippen LogP contribution >= 0.6 is 0 Å². The highest BCUT2D eigenvalue weighted by molar-refractivity contribution is 4.71. The lowest BCUT2D eigenvalue weighted by Crippen LogP contribution is -2.25. The first-order valence-electron chi connectivity index (χ1n) is 4.26. The van der Waals surface area contributed by atoms with E-state index in [2.05, 4.69) is 12.2 Å². The zero-order valence-corrected chi connectivity index (χ0v) is 7.05. The summed E-state index contributed by atoms with van der Waals surface area (Å²) in [5.41, 5.74) is 0. The van der Waals surface area contributed by atoms with Gasteiger partial charge in [0.25, 0.3) is 0 Å². The Hall–Kier alpha value is -0.120. The van der Waals surface area contributed by atoms with Crippen molar-refractivity contribution in [2.45, 2.75) is 19.4 Å². The fourth-order valence-electron chi connectivity index (χ4n) is 1.43. The van der Waals surface area contributed by atoms with E-state index in [1.807, 2.05) is 0 Å². The first-order chi connectivity index (χ1) is 5.33. The van der Waals surface area contributed by atoms with Crippen molar-refractivity contribution in [1.29, 1.82) is 0 Å². The highest BCUT2D eigenvalue weighted by Gasteiger charge is 2.20. The Kier molecular flexibility index (Phi) is 3.83. The van der Waals surface area contributed by atoms with E-state index in [9.17, 15) is 0 Å². The van der Waals surface area contributed by atoms with Crippen LogP contribution in [0, 0.1) is 5.92 Å². The van der Waals surface area contributed by atoms with Crippen LogP contribution < -0.4 is 5.32 Å². The minimum atomic E-state index is 0.225. The summed E-state index contributed by atoms with van der Waals surface area (Å²) in [5, 5.41) is 11.7. The molecule has 1 heterocycles. The van der Waals surface area contributed by atoms with Gasteiger partial charge in [0.15, 0.2) is 0 Å². The van der Waals surface area contributed by atoms with Gasteiger partial charge in [0, 0.05) is 13.1 Å². The molecule has 0 radical (unpaired) electrons. The molecule has 2 atom stereocenters.